The van der Waals surface area contributed by atoms with Gasteiger partial charge < -0.3 is 11.1 Å². The molecular formula is C16H17ClN2O. The molecule has 2 aromatic carbocycles. The Balaban J connectivity index is 2.15. The highest BCUT2D eigenvalue weighted by molar-refractivity contribution is 6.31. The summed E-state index contributed by atoms with van der Waals surface area (Å²) in [6.07, 6.45) is 0. The van der Waals surface area contributed by atoms with E-state index < -0.39 is 0 Å². The molecule has 1 atom stereocenters. The number of aryl methyl sites for hydroxylation is 1. The Hall–Kier alpha value is -2.00. The number of benzene rings is 2. The summed E-state index contributed by atoms with van der Waals surface area (Å²) in [6, 6.07) is 12.7. The number of amides is 1. The van der Waals surface area contributed by atoms with Crippen molar-refractivity contribution in [2.24, 2.45) is 0 Å². The molecule has 1 unspecified atom stereocenters. The molecule has 0 aliphatic carbocycles. The van der Waals surface area contributed by atoms with Crippen molar-refractivity contribution in [1.82, 2.24) is 5.32 Å². The zero-order valence-corrected chi connectivity index (χ0v) is 12.2. The van der Waals surface area contributed by atoms with Crippen molar-refractivity contribution in [3.8, 4) is 0 Å². The number of carbonyl (C=O) groups excluding carboxylic acids is 1. The van der Waals surface area contributed by atoms with E-state index in [-0.39, 0.29) is 11.9 Å². The van der Waals surface area contributed by atoms with Gasteiger partial charge in [0.2, 0.25) is 0 Å². The van der Waals surface area contributed by atoms with Crippen molar-refractivity contribution in [2.75, 3.05) is 5.73 Å². The van der Waals surface area contributed by atoms with Crippen molar-refractivity contribution in [2.45, 2.75) is 19.9 Å². The molecule has 1 amide bonds. The first kappa shape index (κ1) is 14.4. The second kappa shape index (κ2) is 5.97. The van der Waals surface area contributed by atoms with Gasteiger partial charge in [-0.25, -0.2) is 0 Å². The second-order valence-corrected chi connectivity index (χ2v) is 5.32. The van der Waals surface area contributed by atoms with Crippen LogP contribution >= 0.6 is 11.6 Å². The Morgan fingerprint density at radius 3 is 2.65 bits per heavy atom. The van der Waals surface area contributed by atoms with Crippen molar-refractivity contribution in [3.05, 3.63) is 64.2 Å². The fourth-order valence-corrected chi connectivity index (χ4v) is 2.35. The highest BCUT2D eigenvalue weighted by Crippen LogP contribution is 2.18. The number of hydrogen-bond acceptors (Lipinski definition) is 2. The molecule has 0 aliphatic heterocycles. The van der Waals surface area contributed by atoms with Gasteiger partial charge in [0.25, 0.3) is 5.91 Å². The van der Waals surface area contributed by atoms with Gasteiger partial charge in [0.1, 0.15) is 0 Å². The maximum absolute atomic E-state index is 12.2. The van der Waals surface area contributed by atoms with Gasteiger partial charge >= 0.3 is 0 Å². The molecule has 0 aliphatic rings. The summed E-state index contributed by atoms with van der Waals surface area (Å²) in [7, 11) is 0. The van der Waals surface area contributed by atoms with Crippen molar-refractivity contribution in [3.63, 3.8) is 0 Å². The van der Waals surface area contributed by atoms with Gasteiger partial charge in [-0.1, -0.05) is 23.7 Å². The average Bonchev–Trinajstić information content (AvgIpc) is 2.37. The van der Waals surface area contributed by atoms with Crippen LogP contribution in [-0.4, -0.2) is 5.91 Å². The Labute approximate surface area is 123 Å². The number of nitrogens with two attached hydrogens (primary N) is 1. The molecule has 0 spiro atoms. The zero-order chi connectivity index (χ0) is 14.7. The highest BCUT2D eigenvalue weighted by Gasteiger charge is 2.12. The molecule has 104 valence electrons. The summed E-state index contributed by atoms with van der Waals surface area (Å²) >= 11 is 5.97. The first-order chi connectivity index (χ1) is 9.45. The monoisotopic (exact) mass is 288 g/mol. The van der Waals surface area contributed by atoms with Crippen LogP contribution in [0.1, 0.15) is 34.5 Å². The summed E-state index contributed by atoms with van der Waals surface area (Å²) in [6.45, 7) is 3.83. The van der Waals surface area contributed by atoms with E-state index >= 15 is 0 Å². The third-order valence-electron chi connectivity index (χ3n) is 3.06. The number of nitrogen functional groups attached to an aromatic ring is 1. The number of hydrogen-bond donors (Lipinski definition) is 2. The van der Waals surface area contributed by atoms with Crippen LogP contribution in [0.3, 0.4) is 0 Å². The van der Waals surface area contributed by atoms with Crippen molar-refractivity contribution >= 4 is 23.2 Å². The fourth-order valence-electron chi connectivity index (χ4n) is 2.06. The van der Waals surface area contributed by atoms with Crippen LogP contribution in [0.25, 0.3) is 0 Å². The Kier molecular flexibility index (Phi) is 4.30. The molecule has 0 saturated heterocycles. The third kappa shape index (κ3) is 3.52. The minimum atomic E-state index is -0.148. The van der Waals surface area contributed by atoms with E-state index in [2.05, 4.69) is 5.32 Å². The largest absolute Gasteiger partial charge is 0.399 e. The molecule has 3 nitrogen and oxygen atoms in total. The smallest absolute Gasteiger partial charge is 0.251 e. The fraction of sp³-hybridized carbons (Fsp3) is 0.188. The molecule has 0 saturated carbocycles. The summed E-state index contributed by atoms with van der Waals surface area (Å²) in [5.41, 5.74) is 8.92. The standard InChI is InChI=1S/C16H17ClN2O/c1-10-6-13(8-14(17)7-10)16(20)19-11(2)12-4-3-5-15(18)9-12/h3-9,11H,18H2,1-2H3,(H,19,20). The van der Waals surface area contributed by atoms with Gasteiger partial charge in [0, 0.05) is 16.3 Å². The van der Waals surface area contributed by atoms with Crippen LogP contribution in [0.4, 0.5) is 5.69 Å². The highest BCUT2D eigenvalue weighted by atomic mass is 35.5. The molecule has 4 heteroatoms. The third-order valence-corrected chi connectivity index (χ3v) is 3.28. The predicted octanol–water partition coefficient (Wildman–Crippen LogP) is 3.72. The summed E-state index contributed by atoms with van der Waals surface area (Å²) < 4.78 is 0. The molecule has 0 bridgehead atoms. The molecule has 0 aromatic heterocycles. The maximum atomic E-state index is 12.2. The van der Waals surface area contributed by atoms with Crippen molar-refractivity contribution < 1.29 is 4.79 Å². The molecule has 0 heterocycles. The van der Waals surface area contributed by atoms with Gasteiger partial charge in [-0.2, -0.15) is 0 Å². The maximum Gasteiger partial charge on any atom is 0.251 e. The lowest BCUT2D eigenvalue weighted by Crippen LogP contribution is -2.26. The first-order valence-electron chi connectivity index (χ1n) is 6.39. The second-order valence-electron chi connectivity index (χ2n) is 4.88. The molecule has 20 heavy (non-hydrogen) atoms. The lowest BCUT2D eigenvalue weighted by atomic mass is 10.1. The van der Waals surface area contributed by atoms with Crippen LogP contribution in [0.2, 0.25) is 5.02 Å². The normalized spacial score (nSPS) is 11.9. The van der Waals surface area contributed by atoms with E-state index in [1.54, 1.807) is 6.07 Å². The molecular weight excluding hydrogens is 272 g/mol. The minimum absolute atomic E-state index is 0.120. The van der Waals surface area contributed by atoms with Crippen molar-refractivity contribution in [1.29, 1.82) is 0 Å². The van der Waals surface area contributed by atoms with E-state index in [9.17, 15) is 4.79 Å². The number of rotatable bonds is 3. The Bertz CT molecular complexity index is 620. The Morgan fingerprint density at radius 1 is 1.25 bits per heavy atom. The molecule has 0 radical (unpaired) electrons. The predicted molar refractivity (Wildman–Crippen MR) is 82.9 cm³/mol. The van der Waals surface area contributed by atoms with E-state index in [4.69, 9.17) is 17.3 Å². The van der Waals surface area contributed by atoms with E-state index in [1.807, 2.05) is 50.2 Å². The summed E-state index contributed by atoms with van der Waals surface area (Å²) in [4.78, 5) is 12.2. The van der Waals surface area contributed by atoms with Crippen LogP contribution < -0.4 is 11.1 Å². The first-order valence-corrected chi connectivity index (χ1v) is 6.77. The number of nitrogens with one attached hydrogen (secondary N) is 1. The van der Waals surface area contributed by atoms with Crippen LogP contribution in [-0.2, 0) is 0 Å². The minimum Gasteiger partial charge on any atom is -0.399 e. The van der Waals surface area contributed by atoms with E-state index in [1.165, 1.54) is 0 Å². The van der Waals surface area contributed by atoms with Crippen LogP contribution in [0, 0.1) is 6.92 Å². The quantitative estimate of drug-likeness (QED) is 0.846. The summed E-state index contributed by atoms with van der Waals surface area (Å²) in [5, 5.41) is 3.50. The lowest BCUT2D eigenvalue weighted by molar-refractivity contribution is 0.0940. The SMILES string of the molecule is Cc1cc(Cl)cc(C(=O)NC(C)c2cccc(N)c2)c1. The van der Waals surface area contributed by atoms with E-state index in [0.29, 0.717) is 16.3 Å². The Morgan fingerprint density at radius 2 is 2.00 bits per heavy atom. The number of anilines is 1. The topological polar surface area (TPSA) is 55.1 Å². The average molecular weight is 289 g/mol. The van der Waals surface area contributed by atoms with Gasteiger partial charge in [-0.3, -0.25) is 4.79 Å². The number of carbonyl (C=O) groups is 1. The molecule has 3 N–H and O–H groups in total. The summed E-state index contributed by atoms with van der Waals surface area (Å²) in [5.74, 6) is -0.148. The number of halogens is 1. The lowest BCUT2D eigenvalue weighted by Gasteiger charge is -2.15. The van der Waals surface area contributed by atoms with E-state index in [0.717, 1.165) is 11.1 Å². The molecule has 0 fully saturated rings. The van der Waals surface area contributed by atoms with Crippen LogP contribution in [0.5, 0.6) is 0 Å². The van der Waals surface area contributed by atoms with Crippen LogP contribution in [0.15, 0.2) is 42.5 Å². The van der Waals surface area contributed by atoms with Gasteiger partial charge in [0.15, 0.2) is 0 Å². The van der Waals surface area contributed by atoms with Gasteiger partial charge in [0.05, 0.1) is 6.04 Å². The molecule has 2 aromatic rings. The van der Waals surface area contributed by atoms with Gasteiger partial charge in [-0.05, 0) is 55.3 Å². The zero-order valence-electron chi connectivity index (χ0n) is 11.5. The van der Waals surface area contributed by atoms with Gasteiger partial charge in [-0.15, -0.1) is 0 Å². The molecule has 2 rings (SSSR count).